The molecule has 0 bridgehead atoms. The molecule has 0 spiro atoms. The van der Waals surface area contributed by atoms with E-state index < -0.39 is 0 Å². The Morgan fingerprint density at radius 3 is 2.89 bits per heavy atom. The van der Waals surface area contributed by atoms with E-state index in [0.29, 0.717) is 6.04 Å². The van der Waals surface area contributed by atoms with E-state index in [9.17, 15) is 0 Å². The first kappa shape index (κ1) is 13.4. The van der Waals surface area contributed by atoms with Gasteiger partial charge in [0.15, 0.2) is 0 Å². The molecule has 1 atom stereocenters. The second-order valence-electron chi connectivity index (χ2n) is 4.93. The van der Waals surface area contributed by atoms with Crippen LogP contribution in [0.15, 0.2) is 24.3 Å². The number of hydrogen-bond acceptors (Lipinski definition) is 3. The fourth-order valence-electron chi connectivity index (χ4n) is 2.60. The Morgan fingerprint density at radius 2 is 2.22 bits per heavy atom. The van der Waals surface area contributed by atoms with E-state index in [-0.39, 0.29) is 0 Å². The van der Waals surface area contributed by atoms with Gasteiger partial charge in [-0.3, -0.25) is 4.90 Å². The highest BCUT2D eigenvalue weighted by atomic mass is 16.5. The molecule has 18 heavy (non-hydrogen) atoms. The van der Waals surface area contributed by atoms with Crippen molar-refractivity contribution >= 4 is 0 Å². The minimum Gasteiger partial charge on any atom is -0.496 e. The van der Waals surface area contributed by atoms with Gasteiger partial charge in [-0.25, -0.2) is 0 Å². The number of hydrogen-bond donors (Lipinski definition) is 1. The first-order chi connectivity index (χ1) is 8.83. The molecule has 0 radical (unpaired) electrons. The number of rotatable bonds is 6. The van der Waals surface area contributed by atoms with Gasteiger partial charge >= 0.3 is 0 Å². The minimum atomic E-state index is 0.666. The molecule has 100 valence electrons. The molecule has 0 aliphatic carbocycles. The Hall–Kier alpha value is -1.06. The van der Waals surface area contributed by atoms with Crippen LogP contribution in [-0.2, 0) is 6.54 Å². The summed E-state index contributed by atoms with van der Waals surface area (Å²) in [5, 5.41) is 3.56. The van der Waals surface area contributed by atoms with E-state index in [1.807, 2.05) is 12.1 Å². The van der Waals surface area contributed by atoms with Gasteiger partial charge in [-0.05, 0) is 32.0 Å². The SMILES string of the molecule is CCN(Cc1ccccc1OC)CC1CCCN1. The van der Waals surface area contributed by atoms with Crippen molar-refractivity contribution in [2.45, 2.75) is 32.4 Å². The smallest absolute Gasteiger partial charge is 0.123 e. The van der Waals surface area contributed by atoms with Gasteiger partial charge in [-0.2, -0.15) is 0 Å². The molecule has 1 fully saturated rings. The van der Waals surface area contributed by atoms with Crippen molar-refractivity contribution < 1.29 is 4.74 Å². The molecule has 1 aliphatic heterocycles. The largest absolute Gasteiger partial charge is 0.496 e. The first-order valence-electron chi connectivity index (χ1n) is 6.91. The zero-order valence-electron chi connectivity index (χ0n) is 11.5. The number of methoxy groups -OCH3 is 1. The predicted molar refractivity (Wildman–Crippen MR) is 75.0 cm³/mol. The van der Waals surface area contributed by atoms with Crippen LogP contribution in [0.1, 0.15) is 25.3 Å². The summed E-state index contributed by atoms with van der Waals surface area (Å²) < 4.78 is 5.42. The second kappa shape index (κ2) is 6.76. The van der Waals surface area contributed by atoms with Crippen LogP contribution >= 0.6 is 0 Å². The summed E-state index contributed by atoms with van der Waals surface area (Å²) in [7, 11) is 1.74. The van der Waals surface area contributed by atoms with Crippen LogP contribution in [0.5, 0.6) is 5.75 Å². The summed E-state index contributed by atoms with van der Waals surface area (Å²) in [4.78, 5) is 2.49. The Labute approximate surface area is 110 Å². The summed E-state index contributed by atoms with van der Waals surface area (Å²) in [5.74, 6) is 0.996. The van der Waals surface area contributed by atoms with Gasteiger partial charge in [0.2, 0.25) is 0 Å². The third-order valence-corrected chi connectivity index (χ3v) is 3.67. The standard InChI is InChI=1S/C15H24N2O/c1-3-17(12-14-8-6-10-16-14)11-13-7-4-5-9-15(13)18-2/h4-5,7,9,14,16H,3,6,8,10-12H2,1-2H3. The van der Waals surface area contributed by atoms with E-state index in [2.05, 4.69) is 29.3 Å². The normalized spacial score (nSPS) is 19.4. The molecule has 0 saturated carbocycles. The number of ether oxygens (including phenoxy) is 1. The van der Waals surface area contributed by atoms with E-state index in [0.717, 1.165) is 25.4 Å². The van der Waals surface area contributed by atoms with Crippen LogP contribution in [0, 0.1) is 0 Å². The predicted octanol–water partition coefficient (Wildman–Crippen LogP) is 2.27. The maximum absolute atomic E-state index is 5.42. The van der Waals surface area contributed by atoms with E-state index >= 15 is 0 Å². The van der Waals surface area contributed by atoms with Gasteiger partial charge in [0, 0.05) is 24.7 Å². The molecular formula is C15H24N2O. The summed E-state index contributed by atoms with van der Waals surface area (Å²) in [6, 6.07) is 8.97. The number of benzene rings is 1. The van der Waals surface area contributed by atoms with E-state index in [1.54, 1.807) is 7.11 Å². The molecule has 3 heteroatoms. The van der Waals surface area contributed by atoms with Crippen molar-refractivity contribution in [1.29, 1.82) is 0 Å². The number of likely N-dealkylation sites (N-methyl/N-ethyl adjacent to an activating group) is 1. The lowest BCUT2D eigenvalue weighted by Crippen LogP contribution is -2.37. The molecule has 0 aromatic heterocycles. The highest BCUT2D eigenvalue weighted by molar-refractivity contribution is 5.33. The fraction of sp³-hybridized carbons (Fsp3) is 0.600. The molecule has 1 aliphatic rings. The minimum absolute atomic E-state index is 0.666. The summed E-state index contributed by atoms with van der Waals surface area (Å²) in [6.45, 7) is 6.59. The molecule has 1 unspecified atom stereocenters. The molecule has 1 N–H and O–H groups in total. The maximum atomic E-state index is 5.42. The average Bonchev–Trinajstić information content (AvgIpc) is 2.91. The average molecular weight is 248 g/mol. The van der Waals surface area contributed by atoms with E-state index in [1.165, 1.54) is 24.9 Å². The quantitative estimate of drug-likeness (QED) is 0.836. The molecular weight excluding hydrogens is 224 g/mol. The zero-order valence-corrected chi connectivity index (χ0v) is 11.5. The summed E-state index contributed by atoms with van der Waals surface area (Å²) >= 11 is 0. The van der Waals surface area contributed by atoms with Crippen molar-refractivity contribution in [2.75, 3.05) is 26.7 Å². The Balaban J connectivity index is 1.96. The lowest BCUT2D eigenvalue weighted by Gasteiger charge is -2.25. The topological polar surface area (TPSA) is 24.5 Å². The Morgan fingerprint density at radius 1 is 1.39 bits per heavy atom. The second-order valence-corrected chi connectivity index (χ2v) is 4.93. The van der Waals surface area contributed by atoms with Gasteiger partial charge < -0.3 is 10.1 Å². The van der Waals surface area contributed by atoms with E-state index in [4.69, 9.17) is 4.74 Å². The third kappa shape index (κ3) is 3.47. The van der Waals surface area contributed by atoms with Gasteiger partial charge in [0.25, 0.3) is 0 Å². The monoisotopic (exact) mass is 248 g/mol. The molecule has 1 saturated heterocycles. The van der Waals surface area contributed by atoms with Crippen LogP contribution in [-0.4, -0.2) is 37.7 Å². The molecule has 3 nitrogen and oxygen atoms in total. The number of nitrogens with one attached hydrogen (secondary N) is 1. The third-order valence-electron chi connectivity index (χ3n) is 3.67. The fourth-order valence-corrected chi connectivity index (χ4v) is 2.60. The first-order valence-corrected chi connectivity index (χ1v) is 6.91. The van der Waals surface area contributed by atoms with Gasteiger partial charge in [-0.1, -0.05) is 25.1 Å². The summed E-state index contributed by atoms with van der Waals surface area (Å²) in [6.07, 6.45) is 2.62. The number of para-hydroxylation sites is 1. The molecule has 0 amide bonds. The molecule has 1 heterocycles. The van der Waals surface area contributed by atoms with Crippen LogP contribution in [0.25, 0.3) is 0 Å². The van der Waals surface area contributed by atoms with Crippen molar-refractivity contribution in [3.63, 3.8) is 0 Å². The molecule has 2 rings (SSSR count). The van der Waals surface area contributed by atoms with Crippen molar-refractivity contribution in [2.24, 2.45) is 0 Å². The zero-order chi connectivity index (χ0) is 12.8. The lowest BCUT2D eigenvalue weighted by atomic mass is 10.1. The summed E-state index contributed by atoms with van der Waals surface area (Å²) in [5.41, 5.74) is 1.28. The van der Waals surface area contributed by atoms with Gasteiger partial charge in [0.1, 0.15) is 5.75 Å². The highest BCUT2D eigenvalue weighted by Gasteiger charge is 2.17. The Bertz CT molecular complexity index is 361. The van der Waals surface area contributed by atoms with Crippen molar-refractivity contribution in [3.8, 4) is 5.75 Å². The van der Waals surface area contributed by atoms with Gasteiger partial charge in [0.05, 0.1) is 7.11 Å². The Kier molecular flexibility index (Phi) is 5.02. The number of nitrogens with zero attached hydrogens (tertiary/aromatic N) is 1. The van der Waals surface area contributed by atoms with Crippen LogP contribution in [0.4, 0.5) is 0 Å². The van der Waals surface area contributed by atoms with Crippen LogP contribution in [0.2, 0.25) is 0 Å². The molecule has 1 aromatic rings. The highest BCUT2D eigenvalue weighted by Crippen LogP contribution is 2.19. The van der Waals surface area contributed by atoms with Crippen molar-refractivity contribution in [3.05, 3.63) is 29.8 Å². The maximum Gasteiger partial charge on any atom is 0.123 e. The molecule has 1 aromatic carbocycles. The lowest BCUT2D eigenvalue weighted by molar-refractivity contribution is 0.249. The van der Waals surface area contributed by atoms with Crippen LogP contribution in [0.3, 0.4) is 0 Å². The van der Waals surface area contributed by atoms with Crippen molar-refractivity contribution in [1.82, 2.24) is 10.2 Å². The van der Waals surface area contributed by atoms with Crippen LogP contribution < -0.4 is 10.1 Å². The van der Waals surface area contributed by atoms with Gasteiger partial charge in [-0.15, -0.1) is 0 Å².